The van der Waals surface area contributed by atoms with Gasteiger partial charge >= 0.3 is 0 Å². The lowest BCUT2D eigenvalue weighted by molar-refractivity contribution is 0.0598. The highest BCUT2D eigenvalue weighted by atomic mass is 19.1. The van der Waals surface area contributed by atoms with Crippen molar-refractivity contribution < 1.29 is 13.9 Å². The van der Waals surface area contributed by atoms with Gasteiger partial charge in [-0.15, -0.1) is 0 Å². The van der Waals surface area contributed by atoms with E-state index in [2.05, 4.69) is 15.0 Å². The van der Waals surface area contributed by atoms with Crippen LogP contribution in [0.4, 0.5) is 4.39 Å². The third-order valence-corrected chi connectivity index (χ3v) is 6.06. The van der Waals surface area contributed by atoms with Crippen LogP contribution in [0.5, 0.6) is 11.6 Å². The summed E-state index contributed by atoms with van der Waals surface area (Å²) in [4.78, 5) is 28.8. The van der Waals surface area contributed by atoms with Gasteiger partial charge in [-0.25, -0.2) is 14.4 Å². The van der Waals surface area contributed by atoms with E-state index in [-0.39, 0.29) is 23.6 Å². The van der Waals surface area contributed by atoms with Crippen LogP contribution in [-0.2, 0) is 6.54 Å². The first-order chi connectivity index (χ1) is 17.1. The molecule has 7 nitrogen and oxygen atoms in total. The zero-order chi connectivity index (χ0) is 24.2. The van der Waals surface area contributed by atoms with Gasteiger partial charge in [0.15, 0.2) is 17.4 Å². The Morgan fingerprint density at radius 1 is 1.11 bits per heavy atom. The summed E-state index contributed by atoms with van der Waals surface area (Å²) in [5, 5.41) is 0. The monoisotopic (exact) mass is 471 g/mol. The van der Waals surface area contributed by atoms with Gasteiger partial charge in [-0.3, -0.25) is 4.79 Å². The Balaban J connectivity index is 1.40. The van der Waals surface area contributed by atoms with Crippen molar-refractivity contribution in [2.75, 3.05) is 6.54 Å². The van der Waals surface area contributed by atoms with Crippen LogP contribution in [0.3, 0.4) is 0 Å². The second kappa shape index (κ2) is 10.0. The third-order valence-electron chi connectivity index (χ3n) is 6.06. The number of ether oxygens (including phenoxy) is 1. The van der Waals surface area contributed by atoms with Crippen LogP contribution in [0, 0.1) is 12.7 Å². The van der Waals surface area contributed by atoms with Gasteiger partial charge in [0, 0.05) is 42.8 Å². The van der Waals surface area contributed by atoms with E-state index in [0.717, 1.165) is 24.8 Å². The van der Waals surface area contributed by atoms with Gasteiger partial charge in [0.1, 0.15) is 0 Å². The molecule has 0 radical (unpaired) electrons. The summed E-state index contributed by atoms with van der Waals surface area (Å²) in [5.74, 6) is 0.360. The molecule has 1 aliphatic heterocycles. The maximum Gasteiger partial charge on any atom is 0.254 e. The van der Waals surface area contributed by atoms with E-state index in [1.54, 1.807) is 36.8 Å². The lowest BCUT2D eigenvalue weighted by Gasteiger charge is -2.35. The van der Waals surface area contributed by atoms with Crippen LogP contribution in [-0.4, -0.2) is 36.9 Å². The van der Waals surface area contributed by atoms with Crippen LogP contribution in [0.1, 0.15) is 52.7 Å². The minimum atomic E-state index is -0.463. The minimum absolute atomic E-state index is 0.0520. The SMILES string of the molecule is Cc1cc(Oc2ccccc2F)nc(C2CCCCN2C(=O)c2cccc(Cn3ccnc3)c2)n1. The van der Waals surface area contributed by atoms with E-state index in [4.69, 9.17) is 4.74 Å². The van der Waals surface area contributed by atoms with Crippen molar-refractivity contribution in [1.29, 1.82) is 0 Å². The molecule has 1 amide bonds. The standard InChI is InChI=1S/C27H26FN5O2/c1-19-15-25(35-24-11-3-2-9-22(24)28)31-26(30-19)23-10-4-5-13-33(23)27(34)21-8-6-7-20(16-21)17-32-14-12-29-18-32/h2-3,6-9,11-12,14-16,18,23H,4-5,10,13,17H2,1H3. The summed E-state index contributed by atoms with van der Waals surface area (Å²) in [5.41, 5.74) is 2.35. The van der Waals surface area contributed by atoms with Gasteiger partial charge in [-0.1, -0.05) is 24.3 Å². The average molecular weight is 472 g/mol. The molecule has 1 atom stereocenters. The van der Waals surface area contributed by atoms with E-state index >= 15 is 0 Å². The number of imidazole rings is 1. The van der Waals surface area contributed by atoms with Gasteiger partial charge in [-0.05, 0) is 56.0 Å². The molecule has 1 aliphatic rings. The molecule has 0 N–H and O–H groups in total. The number of likely N-dealkylation sites (tertiary alicyclic amines) is 1. The lowest BCUT2D eigenvalue weighted by Crippen LogP contribution is -2.39. The number of amides is 1. The highest BCUT2D eigenvalue weighted by Gasteiger charge is 2.31. The Morgan fingerprint density at radius 2 is 2.00 bits per heavy atom. The van der Waals surface area contributed by atoms with Crippen molar-refractivity contribution in [1.82, 2.24) is 24.4 Å². The zero-order valence-electron chi connectivity index (χ0n) is 19.5. The quantitative estimate of drug-likeness (QED) is 0.380. The predicted molar refractivity (Wildman–Crippen MR) is 129 cm³/mol. The predicted octanol–water partition coefficient (Wildman–Crippen LogP) is 5.33. The molecule has 2 aromatic heterocycles. The van der Waals surface area contributed by atoms with E-state index in [1.807, 2.05) is 46.9 Å². The first-order valence-corrected chi connectivity index (χ1v) is 11.7. The van der Waals surface area contributed by atoms with Crippen molar-refractivity contribution in [3.05, 3.63) is 102 Å². The molecule has 5 rings (SSSR count). The van der Waals surface area contributed by atoms with Gasteiger partial charge in [0.05, 0.1) is 12.4 Å². The molecule has 0 aliphatic carbocycles. The fourth-order valence-corrected chi connectivity index (χ4v) is 4.41. The molecule has 0 saturated carbocycles. The fraction of sp³-hybridized carbons (Fsp3) is 0.259. The summed E-state index contributed by atoms with van der Waals surface area (Å²) >= 11 is 0. The summed E-state index contributed by atoms with van der Waals surface area (Å²) in [6.07, 6.45) is 8.02. The maximum atomic E-state index is 14.1. The normalized spacial score (nSPS) is 15.7. The molecule has 8 heteroatoms. The summed E-state index contributed by atoms with van der Waals surface area (Å²) < 4.78 is 21.8. The number of piperidine rings is 1. The molecule has 1 fully saturated rings. The molecule has 0 bridgehead atoms. The minimum Gasteiger partial charge on any atom is -0.436 e. The number of benzene rings is 2. The molecule has 4 aromatic rings. The average Bonchev–Trinajstić information content (AvgIpc) is 3.38. The smallest absolute Gasteiger partial charge is 0.254 e. The molecule has 1 unspecified atom stereocenters. The molecule has 0 spiro atoms. The maximum absolute atomic E-state index is 14.1. The zero-order valence-corrected chi connectivity index (χ0v) is 19.5. The molecule has 3 heterocycles. The Kier molecular flexibility index (Phi) is 6.52. The number of carbonyl (C=O) groups is 1. The first kappa shape index (κ1) is 22.7. The molecule has 178 valence electrons. The van der Waals surface area contributed by atoms with E-state index < -0.39 is 5.82 Å². The third kappa shape index (κ3) is 5.21. The number of aryl methyl sites for hydroxylation is 1. The Bertz CT molecular complexity index is 1320. The molecular weight excluding hydrogens is 445 g/mol. The van der Waals surface area contributed by atoms with Crippen molar-refractivity contribution in [2.45, 2.75) is 38.8 Å². The van der Waals surface area contributed by atoms with Crippen molar-refractivity contribution in [3.8, 4) is 11.6 Å². The summed E-state index contributed by atoms with van der Waals surface area (Å²) in [6.45, 7) is 3.10. The topological polar surface area (TPSA) is 73.1 Å². The summed E-state index contributed by atoms with van der Waals surface area (Å²) in [6, 6.07) is 15.3. The van der Waals surface area contributed by atoms with E-state index in [9.17, 15) is 9.18 Å². The highest BCUT2D eigenvalue weighted by molar-refractivity contribution is 5.94. The number of nitrogens with zero attached hydrogens (tertiary/aromatic N) is 5. The van der Waals surface area contributed by atoms with Crippen LogP contribution in [0.15, 0.2) is 73.3 Å². The highest BCUT2D eigenvalue weighted by Crippen LogP contribution is 2.32. The number of hydrogen-bond donors (Lipinski definition) is 0. The number of para-hydroxylation sites is 1. The van der Waals surface area contributed by atoms with E-state index in [0.29, 0.717) is 30.2 Å². The van der Waals surface area contributed by atoms with Crippen LogP contribution >= 0.6 is 0 Å². The number of rotatable bonds is 6. The lowest BCUT2D eigenvalue weighted by atomic mass is 9.99. The molecule has 35 heavy (non-hydrogen) atoms. The van der Waals surface area contributed by atoms with E-state index in [1.165, 1.54) is 6.07 Å². The van der Waals surface area contributed by atoms with Crippen molar-refractivity contribution >= 4 is 5.91 Å². The fourth-order valence-electron chi connectivity index (χ4n) is 4.41. The van der Waals surface area contributed by atoms with Gasteiger partial charge in [0.25, 0.3) is 5.91 Å². The number of carbonyl (C=O) groups excluding carboxylic acids is 1. The van der Waals surface area contributed by atoms with Gasteiger partial charge in [-0.2, -0.15) is 4.98 Å². The molecular formula is C27H26FN5O2. The first-order valence-electron chi connectivity index (χ1n) is 11.7. The second-order valence-electron chi connectivity index (χ2n) is 8.68. The number of halogens is 1. The summed E-state index contributed by atoms with van der Waals surface area (Å²) in [7, 11) is 0. The molecule has 1 saturated heterocycles. The Labute approximate surface area is 203 Å². The van der Waals surface area contributed by atoms with Crippen molar-refractivity contribution in [3.63, 3.8) is 0 Å². The van der Waals surface area contributed by atoms with Crippen LogP contribution in [0.2, 0.25) is 0 Å². The van der Waals surface area contributed by atoms with Crippen molar-refractivity contribution in [2.24, 2.45) is 0 Å². The van der Waals surface area contributed by atoms with Gasteiger partial charge in [0.2, 0.25) is 5.88 Å². The Morgan fingerprint density at radius 3 is 2.83 bits per heavy atom. The number of hydrogen-bond acceptors (Lipinski definition) is 5. The molecule has 2 aromatic carbocycles. The largest absolute Gasteiger partial charge is 0.436 e. The number of aromatic nitrogens is 4. The second-order valence-corrected chi connectivity index (χ2v) is 8.68. The Hall–Kier alpha value is -4.07. The van der Waals surface area contributed by atoms with Gasteiger partial charge < -0.3 is 14.2 Å². The van der Waals surface area contributed by atoms with Crippen LogP contribution in [0.25, 0.3) is 0 Å². The van der Waals surface area contributed by atoms with Crippen LogP contribution < -0.4 is 4.74 Å².